The molecule has 7 heteroatoms. The Bertz CT molecular complexity index is 1290. The number of hydrogen-bond acceptors (Lipinski definition) is 4. The van der Waals surface area contributed by atoms with E-state index >= 15 is 0 Å². The average molecular weight is 460 g/mol. The Labute approximate surface area is 196 Å². The van der Waals surface area contributed by atoms with Crippen LogP contribution < -0.4 is 0 Å². The molecule has 0 aliphatic rings. The third kappa shape index (κ3) is 5.26. The van der Waals surface area contributed by atoms with Gasteiger partial charge in [0, 0.05) is 42.4 Å². The number of aromatic nitrogens is 3. The van der Waals surface area contributed by atoms with E-state index in [4.69, 9.17) is 0 Å². The van der Waals surface area contributed by atoms with E-state index in [-0.39, 0.29) is 11.3 Å². The van der Waals surface area contributed by atoms with E-state index in [0.29, 0.717) is 29.9 Å². The summed E-state index contributed by atoms with van der Waals surface area (Å²) >= 11 is 1.71. The smallest absolute Gasteiger partial charge is 0.339 e. The van der Waals surface area contributed by atoms with Gasteiger partial charge < -0.3 is 9.67 Å². The number of carboxylic acid groups (broad SMARTS) is 1. The van der Waals surface area contributed by atoms with Crippen LogP contribution in [0.2, 0.25) is 0 Å². The zero-order valence-corrected chi connectivity index (χ0v) is 19.4. The molecule has 0 radical (unpaired) electrons. The highest BCUT2D eigenvalue weighted by Crippen LogP contribution is 2.23. The Morgan fingerprint density at radius 2 is 1.85 bits per heavy atom. The first kappa shape index (κ1) is 22.6. The molecule has 2 aromatic heterocycles. The van der Waals surface area contributed by atoms with Gasteiger partial charge in [-0.2, -0.15) is 5.10 Å². The zero-order chi connectivity index (χ0) is 23.4. The SMILES string of the molecule is Cc1ccc(C(=O)c2cccn2CCSc2cccc(Cc3c(C(=O)O)cnn3C)c2)cc1. The molecule has 1 N–H and O–H groups in total. The van der Waals surface area contributed by atoms with Crippen molar-refractivity contribution in [2.24, 2.45) is 7.05 Å². The monoisotopic (exact) mass is 459 g/mol. The van der Waals surface area contributed by atoms with Crippen molar-refractivity contribution in [1.82, 2.24) is 14.3 Å². The predicted molar refractivity (Wildman–Crippen MR) is 129 cm³/mol. The van der Waals surface area contributed by atoms with Crippen molar-refractivity contribution in [2.45, 2.75) is 24.8 Å². The Hall–Kier alpha value is -3.58. The molecule has 2 heterocycles. The van der Waals surface area contributed by atoms with Crippen molar-refractivity contribution in [1.29, 1.82) is 0 Å². The molecule has 0 bridgehead atoms. The van der Waals surface area contributed by atoms with Crippen molar-refractivity contribution in [3.8, 4) is 0 Å². The number of rotatable bonds is 9. The molecule has 4 rings (SSSR count). The van der Waals surface area contributed by atoms with Crippen LogP contribution in [0.15, 0.2) is 78.0 Å². The van der Waals surface area contributed by atoms with E-state index in [1.807, 2.05) is 72.3 Å². The van der Waals surface area contributed by atoms with Crippen molar-refractivity contribution in [2.75, 3.05) is 5.75 Å². The summed E-state index contributed by atoms with van der Waals surface area (Å²) in [4.78, 5) is 25.4. The number of aromatic carboxylic acids is 1. The van der Waals surface area contributed by atoms with Gasteiger partial charge in [0.15, 0.2) is 0 Å². The van der Waals surface area contributed by atoms with Gasteiger partial charge in [-0.05, 0) is 36.8 Å². The summed E-state index contributed by atoms with van der Waals surface area (Å²) in [6.45, 7) is 2.71. The molecule has 0 fully saturated rings. The standard InChI is InChI=1S/C26H25N3O3S/c1-18-8-10-20(11-9-18)25(30)23-7-4-12-29(23)13-14-33-21-6-3-5-19(15-21)16-24-22(26(31)32)17-27-28(24)2/h3-12,15,17H,13-14,16H2,1-2H3,(H,31,32). The Morgan fingerprint density at radius 1 is 1.06 bits per heavy atom. The Balaban J connectivity index is 1.40. The summed E-state index contributed by atoms with van der Waals surface area (Å²) in [5.41, 5.74) is 4.44. The second-order valence-electron chi connectivity index (χ2n) is 7.89. The van der Waals surface area contributed by atoms with Gasteiger partial charge >= 0.3 is 5.97 Å². The van der Waals surface area contributed by atoms with Crippen molar-refractivity contribution < 1.29 is 14.7 Å². The highest BCUT2D eigenvalue weighted by molar-refractivity contribution is 7.99. The van der Waals surface area contributed by atoms with Gasteiger partial charge in [-0.1, -0.05) is 42.0 Å². The minimum Gasteiger partial charge on any atom is -0.478 e. The summed E-state index contributed by atoms with van der Waals surface area (Å²) in [5, 5.41) is 13.5. The molecule has 0 aliphatic heterocycles. The Morgan fingerprint density at radius 3 is 2.61 bits per heavy atom. The maximum Gasteiger partial charge on any atom is 0.339 e. The van der Waals surface area contributed by atoms with Gasteiger partial charge in [0.05, 0.1) is 17.6 Å². The molecule has 0 saturated heterocycles. The molecule has 0 aliphatic carbocycles. The summed E-state index contributed by atoms with van der Waals surface area (Å²) in [5.74, 6) is -0.137. The van der Waals surface area contributed by atoms with Crippen LogP contribution >= 0.6 is 11.8 Å². The summed E-state index contributed by atoms with van der Waals surface area (Å²) in [6, 6.07) is 19.5. The molecule has 0 atom stereocenters. The molecular formula is C26H25N3O3S. The van der Waals surface area contributed by atoms with E-state index in [1.165, 1.54) is 6.20 Å². The highest BCUT2D eigenvalue weighted by atomic mass is 32.2. The topological polar surface area (TPSA) is 77.1 Å². The minimum absolute atomic E-state index is 0.0254. The second-order valence-corrected chi connectivity index (χ2v) is 9.06. The fourth-order valence-electron chi connectivity index (χ4n) is 3.72. The van der Waals surface area contributed by atoms with Crippen LogP contribution in [0.3, 0.4) is 0 Å². The molecule has 33 heavy (non-hydrogen) atoms. The van der Waals surface area contributed by atoms with Gasteiger partial charge in [-0.25, -0.2) is 4.79 Å². The number of thioether (sulfide) groups is 1. The van der Waals surface area contributed by atoms with Crippen LogP contribution in [0.5, 0.6) is 0 Å². The molecule has 0 saturated carbocycles. The molecule has 0 spiro atoms. The van der Waals surface area contributed by atoms with Crippen molar-refractivity contribution in [3.63, 3.8) is 0 Å². The van der Waals surface area contributed by atoms with E-state index in [9.17, 15) is 14.7 Å². The van der Waals surface area contributed by atoms with Gasteiger partial charge in [-0.15, -0.1) is 11.8 Å². The average Bonchev–Trinajstić information content (AvgIpc) is 3.41. The van der Waals surface area contributed by atoms with E-state index in [2.05, 4.69) is 11.2 Å². The van der Waals surface area contributed by atoms with Crippen LogP contribution in [0.1, 0.15) is 43.2 Å². The van der Waals surface area contributed by atoms with Gasteiger partial charge in [-0.3, -0.25) is 9.48 Å². The molecule has 4 aromatic rings. The predicted octanol–water partition coefficient (Wildman–Crippen LogP) is 4.84. The lowest BCUT2D eigenvalue weighted by Crippen LogP contribution is -2.11. The maximum atomic E-state index is 12.9. The highest BCUT2D eigenvalue weighted by Gasteiger charge is 2.16. The lowest BCUT2D eigenvalue weighted by molar-refractivity contribution is 0.0695. The molecule has 168 valence electrons. The lowest BCUT2D eigenvalue weighted by Gasteiger charge is -2.10. The number of carbonyl (C=O) groups is 2. The fraction of sp³-hybridized carbons (Fsp3) is 0.192. The van der Waals surface area contributed by atoms with E-state index in [0.717, 1.165) is 21.8 Å². The minimum atomic E-state index is -0.966. The first-order chi connectivity index (χ1) is 15.9. The van der Waals surface area contributed by atoms with Gasteiger partial charge in [0.25, 0.3) is 0 Å². The third-order valence-electron chi connectivity index (χ3n) is 5.54. The Kier molecular flexibility index (Phi) is 6.79. The number of hydrogen-bond donors (Lipinski definition) is 1. The first-order valence-corrected chi connectivity index (χ1v) is 11.6. The number of benzene rings is 2. The fourth-order valence-corrected chi connectivity index (χ4v) is 4.65. The lowest BCUT2D eigenvalue weighted by atomic mass is 10.1. The van der Waals surface area contributed by atoms with Crippen LogP contribution in [0.4, 0.5) is 0 Å². The first-order valence-electron chi connectivity index (χ1n) is 10.6. The second kappa shape index (κ2) is 9.92. The van der Waals surface area contributed by atoms with E-state index in [1.54, 1.807) is 23.5 Å². The summed E-state index contributed by atoms with van der Waals surface area (Å²) in [7, 11) is 1.76. The summed E-state index contributed by atoms with van der Waals surface area (Å²) in [6.07, 6.45) is 3.83. The van der Waals surface area contributed by atoms with Crippen LogP contribution in [0.25, 0.3) is 0 Å². The van der Waals surface area contributed by atoms with E-state index < -0.39 is 5.97 Å². The number of nitrogens with zero attached hydrogens (tertiary/aromatic N) is 3. The van der Waals surface area contributed by atoms with Crippen molar-refractivity contribution >= 4 is 23.5 Å². The number of carboxylic acids is 1. The molecule has 0 unspecified atom stereocenters. The molecular weight excluding hydrogens is 434 g/mol. The quantitative estimate of drug-likeness (QED) is 0.286. The normalized spacial score (nSPS) is 11.0. The maximum absolute atomic E-state index is 12.9. The van der Waals surface area contributed by atoms with Gasteiger partial charge in [0.1, 0.15) is 5.56 Å². The van der Waals surface area contributed by atoms with Crippen LogP contribution in [-0.4, -0.2) is 37.0 Å². The van der Waals surface area contributed by atoms with Crippen LogP contribution in [0, 0.1) is 6.92 Å². The number of carbonyl (C=O) groups excluding carboxylic acids is 1. The van der Waals surface area contributed by atoms with Crippen LogP contribution in [-0.2, 0) is 20.0 Å². The zero-order valence-electron chi connectivity index (χ0n) is 18.6. The van der Waals surface area contributed by atoms with Gasteiger partial charge in [0.2, 0.25) is 5.78 Å². The molecule has 0 amide bonds. The largest absolute Gasteiger partial charge is 0.478 e. The number of aryl methyl sites for hydroxylation is 3. The number of ketones is 1. The molecule has 6 nitrogen and oxygen atoms in total. The third-order valence-corrected chi connectivity index (χ3v) is 6.51. The molecule has 2 aromatic carbocycles. The summed E-state index contributed by atoms with van der Waals surface area (Å²) < 4.78 is 3.61. The van der Waals surface area contributed by atoms with Crippen molar-refractivity contribution in [3.05, 3.63) is 107 Å².